The van der Waals surface area contributed by atoms with Crippen LogP contribution < -0.4 is 5.32 Å². The summed E-state index contributed by atoms with van der Waals surface area (Å²) in [6.07, 6.45) is 7.00. The third kappa shape index (κ3) is 4.03. The average molecular weight is 331 g/mol. The van der Waals surface area contributed by atoms with Crippen molar-refractivity contribution in [2.24, 2.45) is 0 Å². The molecule has 1 aliphatic heterocycles. The first-order valence-corrected chi connectivity index (χ1v) is 9.37. The Kier molecular flexibility index (Phi) is 5.51. The van der Waals surface area contributed by atoms with Crippen LogP contribution in [0.25, 0.3) is 0 Å². The van der Waals surface area contributed by atoms with Gasteiger partial charge < -0.3 is 9.88 Å². The second-order valence-corrected chi connectivity index (χ2v) is 6.92. The lowest BCUT2D eigenvalue weighted by Crippen LogP contribution is -2.40. The fourth-order valence-electron chi connectivity index (χ4n) is 3.44. The van der Waals surface area contributed by atoms with Gasteiger partial charge in [-0.25, -0.2) is 0 Å². The van der Waals surface area contributed by atoms with Gasteiger partial charge >= 0.3 is 0 Å². The van der Waals surface area contributed by atoms with Gasteiger partial charge in [-0.3, -0.25) is 9.69 Å². The van der Waals surface area contributed by atoms with Crippen molar-refractivity contribution in [1.29, 1.82) is 0 Å². The zero-order valence-corrected chi connectivity index (χ0v) is 14.5. The van der Waals surface area contributed by atoms with Crippen molar-refractivity contribution in [3.8, 4) is 0 Å². The molecular formula is C18H25N3OS. The van der Waals surface area contributed by atoms with Crippen LogP contribution in [0.3, 0.4) is 0 Å². The Morgan fingerprint density at radius 2 is 2.26 bits per heavy atom. The number of nitrogens with one attached hydrogen (secondary N) is 1. The van der Waals surface area contributed by atoms with Gasteiger partial charge in [0.2, 0.25) is 5.91 Å². The maximum atomic E-state index is 12.5. The fraction of sp³-hybridized carbons (Fsp3) is 0.500. The molecule has 3 heterocycles. The molecule has 3 rings (SSSR count). The van der Waals surface area contributed by atoms with Gasteiger partial charge in [-0.1, -0.05) is 6.92 Å². The predicted molar refractivity (Wildman–Crippen MR) is 94.8 cm³/mol. The number of likely N-dealkylation sites (tertiary alicyclic amines) is 1. The summed E-state index contributed by atoms with van der Waals surface area (Å²) in [5, 5.41) is 7.36. The van der Waals surface area contributed by atoms with E-state index in [1.165, 1.54) is 18.4 Å². The van der Waals surface area contributed by atoms with Gasteiger partial charge in [0, 0.05) is 25.0 Å². The number of amides is 1. The van der Waals surface area contributed by atoms with E-state index < -0.39 is 0 Å². The summed E-state index contributed by atoms with van der Waals surface area (Å²) in [6, 6.07) is 6.72. The second kappa shape index (κ2) is 7.79. The van der Waals surface area contributed by atoms with Crippen LogP contribution in [-0.2, 0) is 4.79 Å². The van der Waals surface area contributed by atoms with E-state index >= 15 is 0 Å². The number of likely N-dealkylation sites (N-methyl/N-ethyl adjacent to an activating group) is 1. The van der Waals surface area contributed by atoms with Crippen LogP contribution in [-0.4, -0.2) is 41.1 Å². The molecule has 0 bridgehead atoms. The summed E-state index contributed by atoms with van der Waals surface area (Å²) in [5.74, 6) is 0.137. The number of carbonyl (C=O) groups excluding carboxylic acids is 1. The highest BCUT2D eigenvalue weighted by atomic mass is 32.1. The van der Waals surface area contributed by atoms with E-state index in [1.54, 1.807) is 11.3 Å². The number of rotatable bonds is 7. The Morgan fingerprint density at radius 3 is 2.96 bits per heavy atom. The lowest BCUT2D eigenvalue weighted by molar-refractivity contribution is -0.121. The summed E-state index contributed by atoms with van der Waals surface area (Å²) >= 11 is 1.68. The smallest absolute Gasteiger partial charge is 0.222 e. The minimum Gasteiger partial charge on any atom is -0.354 e. The number of hydrogen-bond acceptors (Lipinski definition) is 3. The molecule has 2 aromatic heterocycles. The maximum Gasteiger partial charge on any atom is 0.222 e. The van der Waals surface area contributed by atoms with Crippen LogP contribution in [0, 0.1) is 0 Å². The standard InChI is InChI=1S/C18H25N3OS/c1-2-20-10-5-6-16(20)13-19-18(22)12-17(15-7-11-23-14-15)21-8-3-4-9-21/h3-4,7-9,11,14,16-17H,2,5-6,10,12-13H2,1H3,(H,19,22)/t16-,17+/m0/s1. The molecular weight excluding hydrogens is 306 g/mol. The van der Waals surface area contributed by atoms with Crippen LogP contribution in [0.15, 0.2) is 41.4 Å². The molecule has 2 atom stereocenters. The Hall–Kier alpha value is -1.59. The summed E-state index contributed by atoms with van der Waals surface area (Å²) < 4.78 is 2.12. The van der Waals surface area contributed by atoms with Gasteiger partial charge in [0.1, 0.15) is 0 Å². The molecule has 124 valence electrons. The van der Waals surface area contributed by atoms with Crippen molar-refractivity contribution in [3.63, 3.8) is 0 Å². The molecule has 0 radical (unpaired) electrons. The lowest BCUT2D eigenvalue weighted by atomic mass is 10.1. The highest BCUT2D eigenvalue weighted by Gasteiger charge is 2.24. The van der Waals surface area contributed by atoms with Crippen LogP contribution in [0.2, 0.25) is 0 Å². The van der Waals surface area contributed by atoms with Gasteiger partial charge in [-0.15, -0.1) is 0 Å². The van der Waals surface area contributed by atoms with Crippen LogP contribution in [0.1, 0.15) is 37.8 Å². The highest BCUT2D eigenvalue weighted by Crippen LogP contribution is 2.24. The van der Waals surface area contributed by atoms with Gasteiger partial charge in [0.15, 0.2) is 0 Å². The third-order valence-electron chi connectivity index (χ3n) is 4.73. The molecule has 5 heteroatoms. The Balaban J connectivity index is 1.58. The third-order valence-corrected chi connectivity index (χ3v) is 5.44. The Bertz CT molecular complexity index is 560. The van der Waals surface area contributed by atoms with E-state index in [9.17, 15) is 4.79 Å². The molecule has 1 aliphatic rings. The zero-order chi connectivity index (χ0) is 16.1. The van der Waals surface area contributed by atoms with Crippen LogP contribution in [0.4, 0.5) is 0 Å². The number of hydrogen-bond donors (Lipinski definition) is 1. The van der Waals surface area contributed by atoms with Crippen molar-refractivity contribution < 1.29 is 4.79 Å². The summed E-state index contributed by atoms with van der Waals surface area (Å²) in [7, 11) is 0. The number of aromatic nitrogens is 1. The summed E-state index contributed by atoms with van der Waals surface area (Å²) in [4.78, 5) is 14.9. The number of nitrogens with zero attached hydrogens (tertiary/aromatic N) is 2. The van der Waals surface area contributed by atoms with Crippen molar-refractivity contribution in [2.45, 2.75) is 38.3 Å². The normalized spacial score (nSPS) is 19.8. The molecule has 0 aromatic carbocycles. The van der Waals surface area contributed by atoms with Gasteiger partial charge in [0.05, 0.1) is 12.5 Å². The minimum absolute atomic E-state index is 0.0853. The van der Waals surface area contributed by atoms with E-state index in [-0.39, 0.29) is 11.9 Å². The lowest BCUT2D eigenvalue weighted by Gasteiger charge is -2.24. The van der Waals surface area contributed by atoms with Gasteiger partial charge in [0.25, 0.3) is 0 Å². The Labute approximate surface area is 142 Å². The van der Waals surface area contributed by atoms with E-state index in [4.69, 9.17) is 0 Å². The van der Waals surface area contributed by atoms with E-state index in [0.717, 1.165) is 19.6 Å². The average Bonchev–Trinajstić information content (AvgIpc) is 3.33. The van der Waals surface area contributed by atoms with Crippen LogP contribution in [0.5, 0.6) is 0 Å². The maximum absolute atomic E-state index is 12.5. The quantitative estimate of drug-likeness (QED) is 0.846. The molecule has 1 amide bonds. The molecule has 0 aliphatic carbocycles. The Morgan fingerprint density at radius 1 is 1.43 bits per heavy atom. The molecule has 0 spiro atoms. The van der Waals surface area contributed by atoms with Crippen LogP contribution >= 0.6 is 11.3 Å². The molecule has 0 unspecified atom stereocenters. The fourth-order valence-corrected chi connectivity index (χ4v) is 4.14. The van der Waals surface area contributed by atoms with Crippen molar-refractivity contribution in [1.82, 2.24) is 14.8 Å². The van der Waals surface area contributed by atoms with Gasteiger partial charge in [-0.05, 0) is 60.5 Å². The van der Waals surface area contributed by atoms with E-state index in [0.29, 0.717) is 12.5 Å². The molecule has 1 N–H and O–H groups in total. The number of carbonyl (C=O) groups is 1. The zero-order valence-electron chi connectivity index (χ0n) is 13.6. The first-order chi connectivity index (χ1) is 11.3. The topological polar surface area (TPSA) is 37.3 Å². The molecule has 1 fully saturated rings. The van der Waals surface area contributed by atoms with E-state index in [2.05, 4.69) is 38.5 Å². The highest BCUT2D eigenvalue weighted by molar-refractivity contribution is 7.07. The molecule has 23 heavy (non-hydrogen) atoms. The van der Waals surface area contributed by atoms with Crippen molar-refractivity contribution in [2.75, 3.05) is 19.6 Å². The predicted octanol–water partition coefficient (Wildman–Crippen LogP) is 3.13. The molecule has 2 aromatic rings. The molecule has 0 saturated carbocycles. The van der Waals surface area contributed by atoms with Crippen molar-refractivity contribution >= 4 is 17.2 Å². The summed E-state index contributed by atoms with van der Waals surface area (Å²) in [6.45, 7) is 5.20. The molecule has 1 saturated heterocycles. The monoisotopic (exact) mass is 331 g/mol. The van der Waals surface area contributed by atoms with Crippen molar-refractivity contribution in [3.05, 3.63) is 46.9 Å². The first kappa shape index (κ1) is 16.3. The minimum atomic E-state index is 0.0853. The SMILES string of the molecule is CCN1CCC[C@H]1CNC(=O)C[C@H](c1ccsc1)n1cccc1. The van der Waals surface area contributed by atoms with E-state index in [1.807, 2.05) is 24.5 Å². The largest absolute Gasteiger partial charge is 0.354 e. The number of thiophene rings is 1. The van der Waals surface area contributed by atoms with Gasteiger partial charge in [-0.2, -0.15) is 11.3 Å². The first-order valence-electron chi connectivity index (χ1n) is 8.43. The second-order valence-electron chi connectivity index (χ2n) is 6.14. The summed E-state index contributed by atoms with van der Waals surface area (Å²) in [5.41, 5.74) is 1.21. The molecule has 4 nitrogen and oxygen atoms in total.